The highest BCUT2D eigenvalue weighted by atomic mass is 79.9. The van der Waals surface area contributed by atoms with Crippen LogP contribution in [0.2, 0.25) is 0 Å². The number of halogens is 1. The number of morpholine rings is 1. The lowest BCUT2D eigenvalue weighted by atomic mass is 10.1. The predicted molar refractivity (Wildman–Crippen MR) is 79.5 cm³/mol. The number of hydrogen-bond donors (Lipinski definition) is 1. The molecular weight excluding hydrogens is 308 g/mol. The van der Waals surface area contributed by atoms with Gasteiger partial charge in [0.25, 0.3) is 0 Å². The quantitative estimate of drug-likeness (QED) is 0.924. The summed E-state index contributed by atoms with van der Waals surface area (Å²) in [4.78, 5) is 14.0. The maximum atomic E-state index is 12.3. The van der Waals surface area contributed by atoms with Crippen molar-refractivity contribution in [1.29, 1.82) is 0 Å². The summed E-state index contributed by atoms with van der Waals surface area (Å²) >= 11 is 3.44. The molecular formula is C14H19BrN2O2. The molecule has 1 fully saturated rings. The number of anilines is 1. The van der Waals surface area contributed by atoms with Crippen LogP contribution < -0.4 is 10.2 Å². The SMILES string of the molecule is Cc1ccc(Br)cc1N(C)C(=O)CC1CNCCO1. The summed E-state index contributed by atoms with van der Waals surface area (Å²) in [5.74, 6) is 0.0786. The zero-order chi connectivity index (χ0) is 13.8. The van der Waals surface area contributed by atoms with Crippen LogP contribution in [0.1, 0.15) is 12.0 Å². The minimum atomic E-state index is -0.0174. The molecule has 0 bridgehead atoms. The lowest BCUT2D eigenvalue weighted by molar-refractivity contribution is -0.121. The molecule has 5 heteroatoms. The van der Waals surface area contributed by atoms with Gasteiger partial charge in [0, 0.05) is 30.3 Å². The molecule has 1 heterocycles. The average molecular weight is 327 g/mol. The fourth-order valence-corrected chi connectivity index (χ4v) is 2.51. The first kappa shape index (κ1) is 14.5. The van der Waals surface area contributed by atoms with E-state index in [1.165, 1.54) is 0 Å². The third kappa shape index (κ3) is 3.78. The molecule has 1 aliphatic heterocycles. The van der Waals surface area contributed by atoms with Gasteiger partial charge in [-0.15, -0.1) is 0 Å². The molecule has 0 radical (unpaired) electrons. The van der Waals surface area contributed by atoms with E-state index in [0.717, 1.165) is 28.8 Å². The molecule has 1 atom stereocenters. The zero-order valence-electron chi connectivity index (χ0n) is 11.3. The van der Waals surface area contributed by atoms with Crippen LogP contribution in [0, 0.1) is 6.92 Å². The fraction of sp³-hybridized carbons (Fsp3) is 0.500. The smallest absolute Gasteiger partial charge is 0.229 e. The molecule has 4 nitrogen and oxygen atoms in total. The summed E-state index contributed by atoms with van der Waals surface area (Å²) in [6.07, 6.45) is 0.395. The number of carbonyl (C=O) groups excluding carboxylic acids is 1. The minimum absolute atomic E-state index is 0.0174. The van der Waals surface area contributed by atoms with E-state index in [2.05, 4.69) is 21.2 Å². The predicted octanol–water partition coefficient (Wildman–Crippen LogP) is 2.10. The van der Waals surface area contributed by atoms with Crippen molar-refractivity contribution < 1.29 is 9.53 Å². The van der Waals surface area contributed by atoms with E-state index < -0.39 is 0 Å². The van der Waals surface area contributed by atoms with Gasteiger partial charge in [-0.3, -0.25) is 4.79 Å². The number of ether oxygens (including phenoxy) is 1. The number of hydrogen-bond acceptors (Lipinski definition) is 3. The Morgan fingerprint density at radius 3 is 3.05 bits per heavy atom. The molecule has 1 unspecified atom stereocenters. The first-order valence-electron chi connectivity index (χ1n) is 6.43. The van der Waals surface area contributed by atoms with Crippen LogP contribution in [-0.4, -0.2) is 38.8 Å². The highest BCUT2D eigenvalue weighted by Gasteiger charge is 2.21. The van der Waals surface area contributed by atoms with Crippen LogP contribution in [0.25, 0.3) is 0 Å². The van der Waals surface area contributed by atoms with Crippen LogP contribution in [0.4, 0.5) is 5.69 Å². The Hall–Kier alpha value is -0.910. The summed E-state index contributed by atoms with van der Waals surface area (Å²) in [6.45, 7) is 4.30. The van der Waals surface area contributed by atoms with Crippen molar-refractivity contribution in [1.82, 2.24) is 5.32 Å². The zero-order valence-corrected chi connectivity index (χ0v) is 12.9. The summed E-state index contributed by atoms with van der Waals surface area (Å²) < 4.78 is 6.54. The van der Waals surface area contributed by atoms with E-state index >= 15 is 0 Å². The largest absolute Gasteiger partial charge is 0.375 e. The third-order valence-corrected chi connectivity index (χ3v) is 3.81. The maximum Gasteiger partial charge on any atom is 0.229 e. The molecule has 1 N–H and O–H groups in total. The molecule has 1 saturated heterocycles. The molecule has 0 spiro atoms. The molecule has 0 saturated carbocycles. The summed E-state index contributed by atoms with van der Waals surface area (Å²) in [5.41, 5.74) is 2.02. The van der Waals surface area contributed by atoms with E-state index in [-0.39, 0.29) is 12.0 Å². The number of amides is 1. The summed E-state index contributed by atoms with van der Waals surface area (Å²) in [6, 6.07) is 5.94. The number of benzene rings is 1. The molecule has 1 amide bonds. The van der Waals surface area contributed by atoms with Gasteiger partial charge in [-0.2, -0.15) is 0 Å². The van der Waals surface area contributed by atoms with E-state index in [1.807, 2.05) is 32.2 Å². The normalized spacial score (nSPS) is 19.2. The van der Waals surface area contributed by atoms with Gasteiger partial charge < -0.3 is 15.0 Å². The van der Waals surface area contributed by atoms with Gasteiger partial charge in [0.15, 0.2) is 0 Å². The van der Waals surface area contributed by atoms with Gasteiger partial charge >= 0.3 is 0 Å². The van der Waals surface area contributed by atoms with Crippen molar-refractivity contribution in [2.45, 2.75) is 19.4 Å². The number of nitrogens with zero attached hydrogens (tertiary/aromatic N) is 1. The van der Waals surface area contributed by atoms with Crippen molar-refractivity contribution >= 4 is 27.5 Å². The minimum Gasteiger partial charge on any atom is -0.375 e. The third-order valence-electron chi connectivity index (χ3n) is 3.31. The van der Waals surface area contributed by atoms with E-state index in [0.29, 0.717) is 13.0 Å². The van der Waals surface area contributed by atoms with Gasteiger partial charge in [0.05, 0.1) is 19.1 Å². The molecule has 19 heavy (non-hydrogen) atoms. The van der Waals surface area contributed by atoms with Crippen molar-refractivity contribution in [2.24, 2.45) is 0 Å². The first-order chi connectivity index (χ1) is 9.08. The Balaban J connectivity index is 2.03. The standard InChI is InChI=1S/C14H19BrN2O2/c1-10-3-4-11(15)7-13(10)17(2)14(18)8-12-9-16-5-6-19-12/h3-4,7,12,16H,5-6,8-9H2,1-2H3. The van der Waals surface area contributed by atoms with Gasteiger partial charge in [0.1, 0.15) is 0 Å². The van der Waals surface area contributed by atoms with Gasteiger partial charge in [-0.25, -0.2) is 0 Å². The highest BCUT2D eigenvalue weighted by molar-refractivity contribution is 9.10. The van der Waals surface area contributed by atoms with Gasteiger partial charge in [0.2, 0.25) is 5.91 Å². The van der Waals surface area contributed by atoms with E-state index in [9.17, 15) is 4.79 Å². The Morgan fingerprint density at radius 2 is 2.37 bits per heavy atom. The molecule has 1 aromatic rings. The average Bonchev–Trinajstić information content (AvgIpc) is 2.42. The Bertz CT molecular complexity index is 459. The Kier molecular flexibility index (Phi) is 4.96. The molecule has 0 aliphatic carbocycles. The topological polar surface area (TPSA) is 41.6 Å². The molecule has 2 rings (SSSR count). The summed E-state index contributed by atoms with van der Waals surface area (Å²) in [7, 11) is 1.81. The monoisotopic (exact) mass is 326 g/mol. The second kappa shape index (κ2) is 6.50. The number of rotatable bonds is 3. The number of carbonyl (C=O) groups is 1. The van der Waals surface area contributed by atoms with Crippen molar-refractivity contribution in [3.05, 3.63) is 28.2 Å². The van der Waals surface area contributed by atoms with Crippen molar-refractivity contribution in [3.8, 4) is 0 Å². The Labute approximate surface area is 122 Å². The van der Waals surface area contributed by atoms with Crippen molar-refractivity contribution in [3.63, 3.8) is 0 Å². The Morgan fingerprint density at radius 1 is 1.58 bits per heavy atom. The molecule has 1 aromatic carbocycles. The van der Waals surface area contributed by atoms with E-state index in [1.54, 1.807) is 4.90 Å². The van der Waals surface area contributed by atoms with Gasteiger partial charge in [-0.1, -0.05) is 22.0 Å². The van der Waals surface area contributed by atoms with Crippen LogP contribution in [-0.2, 0) is 9.53 Å². The second-order valence-electron chi connectivity index (χ2n) is 4.78. The van der Waals surface area contributed by atoms with E-state index in [4.69, 9.17) is 4.74 Å². The lowest BCUT2D eigenvalue weighted by Crippen LogP contribution is -2.41. The molecule has 1 aliphatic rings. The van der Waals surface area contributed by atoms with Crippen LogP contribution >= 0.6 is 15.9 Å². The molecule has 104 valence electrons. The fourth-order valence-electron chi connectivity index (χ4n) is 2.16. The van der Waals surface area contributed by atoms with Crippen LogP contribution in [0.5, 0.6) is 0 Å². The summed E-state index contributed by atoms with van der Waals surface area (Å²) in [5, 5.41) is 3.24. The van der Waals surface area contributed by atoms with Gasteiger partial charge in [-0.05, 0) is 24.6 Å². The highest BCUT2D eigenvalue weighted by Crippen LogP contribution is 2.24. The van der Waals surface area contributed by atoms with Crippen LogP contribution in [0.15, 0.2) is 22.7 Å². The maximum absolute atomic E-state index is 12.3. The van der Waals surface area contributed by atoms with Crippen molar-refractivity contribution in [2.75, 3.05) is 31.6 Å². The molecule has 0 aromatic heterocycles. The lowest BCUT2D eigenvalue weighted by Gasteiger charge is -2.26. The second-order valence-corrected chi connectivity index (χ2v) is 5.70. The number of nitrogens with one attached hydrogen (secondary N) is 1. The van der Waals surface area contributed by atoms with Crippen LogP contribution in [0.3, 0.4) is 0 Å². The first-order valence-corrected chi connectivity index (χ1v) is 7.22. The number of aryl methyl sites for hydroxylation is 1.